The van der Waals surface area contributed by atoms with Crippen LogP contribution >= 0.6 is 15.9 Å². The summed E-state index contributed by atoms with van der Waals surface area (Å²) in [6, 6.07) is 9.35. The number of hydrogen-bond acceptors (Lipinski definition) is 5. The molecule has 0 aliphatic carbocycles. The highest BCUT2D eigenvalue weighted by Crippen LogP contribution is 2.32. The highest BCUT2D eigenvalue weighted by Gasteiger charge is 2.12. The molecule has 0 bridgehead atoms. The number of hydrogen-bond donors (Lipinski definition) is 1. The topological polar surface area (TPSA) is 69.2 Å². The van der Waals surface area contributed by atoms with E-state index in [0.717, 1.165) is 21.2 Å². The van der Waals surface area contributed by atoms with Crippen LogP contribution in [-0.4, -0.2) is 25.5 Å². The molecule has 1 aliphatic rings. The average molecular weight is 405 g/mol. The molecule has 6 nitrogen and oxygen atoms in total. The van der Waals surface area contributed by atoms with Gasteiger partial charge in [0.1, 0.15) is 5.75 Å². The lowest BCUT2D eigenvalue weighted by molar-refractivity contribution is -0.123. The lowest BCUT2D eigenvalue weighted by Crippen LogP contribution is -2.24. The summed E-state index contributed by atoms with van der Waals surface area (Å²) in [5.41, 5.74) is 5.31. The number of halogens is 1. The number of rotatable bonds is 5. The summed E-state index contributed by atoms with van der Waals surface area (Å²) in [6.45, 7) is 4.03. The number of carbonyl (C=O) groups is 1. The van der Waals surface area contributed by atoms with E-state index in [4.69, 9.17) is 14.2 Å². The predicted molar refractivity (Wildman–Crippen MR) is 97.4 cm³/mol. The molecule has 0 saturated heterocycles. The molecular weight excluding hydrogens is 388 g/mol. The first-order valence-electron chi connectivity index (χ1n) is 7.64. The molecule has 1 heterocycles. The standard InChI is InChI=1S/C18H17BrN2O4/c1-11-5-12(2)18(14(19)6-11)23-9-17(22)21-20-8-13-3-4-15-16(7-13)25-10-24-15/h3-8H,9-10H2,1-2H3,(H,21,22)/b20-8-. The van der Waals surface area contributed by atoms with Crippen molar-refractivity contribution in [2.24, 2.45) is 5.10 Å². The Bertz CT molecular complexity index is 813. The van der Waals surface area contributed by atoms with Crippen LogP contribution in [0.5, 0.6) is 17.2 Å². The van der Waals surface area contributed by atoms with Crippen LogP contribution in [0, 0.1) is 13.8 Å². The lowest BCUT2D eigenvalue weighted by Gasteiger charge is -2.11. The summed E-state index contributed by atoms with van der Waals surface area (Å²) >= 11 is 3.45. The van der Waals surface area contributed by atoms with Gasteiger partial charge in [0.25, 0.3) is 5.91 Å². The van der Waals surface area contributed by atoms with Gasteiger partial charge in [-0.05, 0) is 70.7 Å². The van der Waals surface area contributed by atoms with Gasteiger partial charge >= 0.3 is 0 Å². The van der Waals surface area contributed by atoms with Crippen molar-refractivity contribution >= 4 is 28.1 Å². The van der Waals surface area contributed by atoms with Crippen molar-refractivity contribution in [3.05, 3.63) is 51.5 Å². The van der Waals surface area contributed by atoms with E-state index < -0.39 is 0 Å². The van der Waals surface area contributed by atoms with Gasteiger partial charge in [-0.1, -0.05) is 6.07 Å². The second-order valence-corrected chi connectivity index (χ2v) is 6.44. The number of fused-ring (bicyclic) bond motifs is 1. The quantitative estimate of drug-likeness (QED) is 0.612. The Morgan fingerprint density at radius 3 is 2.88 bits per heavy atom. The van der Waals surface area contributed by atoms with E-state index >= 15 is 0 Å². The van der Waals surface area contributed by atoms with Gasteiger partial charge in [0, 0.05) is 0 Å². The van der Waals surface area contributed by atoms with Crippen LogP contribution in [0.25, 0.3) is 0 Å². The first-order valence-corrected chi connectivity index (χ1v) is 8.43. The molecule has 25 heavy (non-hydrogen) atoms. The number of ether oxygens (including phenoxy) is 3. The first kappa shape index (κ1) is 17.3. The molecule has 0 saturated carbocycles. The van der Waals surface area contributed by atoms with Gasteiger partial charge in [-0.3, -0.25) is 4.79 Å². The van der Waals surface area contributed by atoms with Crippen molar-refractivity contribution in [2.45, 2.75) is 13.8 Å². The Kier molecular flexibility index (Phi) is 5.23. The molecule has 0 radical (unpaired) electrons. The number of benzene rings is 2. The fraction of sp³-hybridized carbons (Fsp3) is 0.222. The number of nitrogens with one attached hydrogen (secondary N) is 1. The smallest absolute Gasteiger partial charge is 0.277 e. The summed E-state index contributed by atoms with van der Waals surface area (Å²) in [5.74, 6) is 1.68. The Hall–Kier alpha value is -2.54. The summed E-state index contributed by atoms with van der Waals surface area (Å²) in [7, 11) is 0. The minimum Gasteiger partial charge on any atom is -0.482 e. The molecule has 3 rings (SSSR count). The maximum atomic E-state index is 11.9. The maximum absolute atomic E-state index is 11.9. The molecule has 130 valence electrons. The molecule has 2 aromatic carbocycles. The minimum absolute atomic E-state index is 0.124. The molecule has 7 heteroatoms. The van der Waals surface area contributed by atoms with E-state index in [9.17, 15) is 4.79 Å². The van der Waals surface area contributed by atoms with Crippen LogP contribution in [-0.2, 0) is 4.79 Å². The van der Waals surface area contributed by atoms with Crippen LogP contribution < -0.4 is 19.6 Å². The van der Waals surface area contributed by atoms with Crippen molar-refractivity contribution < 1.29 is 19.0 Å². The third kappa shape index (κ3) is 4.30. The minimum atomic E-state index is -0.344. The van der Waals surface area contributed by atoms with Crippen LogP contribution in [0.15, 0.2) is 39.9 Å². The molecule has 1 amide bonds. The number of amides is 1. The lowest BCUT2D eigenvalue weighted by atomic mass is 10.1. The number of hydrazone groups is 1. The van der Waals surface area contributed by atoms with Gasteiger partial charge in [0.15, 0.2) is 18.1 Å². The van der Waals surface area contributed by atoms with Gasteiger partial charge in [0.05, 0.1) is 10.7 Å². The van der Waals surface area contributed by atoms with Crippen molar-refractivity contribution in [2.75, 3.05) is 13.4 Å². The fourth-order valence-corrected chi connectivity index (χ4v) is 3.22. The normalized spacial score (nSPS) is 12.4. The Morgan fingerprint density at radius 2 is 2.08 bits per heavy atom. The number of carbonyl (C=O) groups excluding carboxylic acids is 1. The van der Waals surface area contributed by atoms with Gasteiger partial charge in [0.2, 0.25) is 6.79 Å². The third-order valence-electron chi connectivity index (χ3n) is 3.52. The van der Waals surface area contributed by atoms with Crippen molar-refractivity contribution in [3.8, 4) is 17.2 Å². The first-order chi connectivity index (χ1) is 12.0. The fourth-order valence-electron chi connectivity index (χ4n) is 2.43. The third-order valence-corrected chi connectivity index (χ3v) is 4.11. The summed E-state index contributed by atoms with van der Waals surface area (Å²) in [6.07, 6.45) is 1.53. The molecular formula is C18H17BrN2O4. The van der Waals surface area contributed by atoms with Crippen LogP contribution in [0.2, 0.25) is 0 Å². The zero-order chi connectivity index (χ0) is 17.8. The van der Waals surface area contributed by atoms with E-state index in [2.05, 4.69) is 26.5 Å². The predicted octanol–water partition coefficient (Wildman–Crippen LogP) is 3.32. The van der Waals surface area contributed by atoms with E-state index in [0.29, 0.717) is 17.2 Å². The molecule has 0 aromatic heterocycles. The molecule has 1 N–H and O–H groups in total. The van der Waals surface area contributed by atoms with Gasteiger partial charge < -0.3 is 14.2 Å². The molecule has 0 fully saturated rings. The SMILES string of the molecule is Cc1cc(C)c(OCC(=O)N/N=C\c2ccc3c(c2)OCO3)c(Br)c1. The summed E-state index contributed by atoms with van der Waals surface area (Å²) in [5, 5.41) is 3.93. The maximum Gasteiger partial charge on any atom is 0.277 e. The summed E-state index contributed by atoms with van der Waals surface area (Å²) in [4.78, 5) is 11.9. The van der Waals surface area contributed by atoms with Gasteiger partial charge in [-0.15, -0.1) is 0 Å². The van der Waals surface area contributed by atoms with E-state index in [-0.39, 0.29) is 19.3 Å². The summed E-state index contributed by atoms with van der Waals surface area (Å²) < 4.78 is 16.9. The van der Waals surface area contributed by atoms with Crippen LogP contribution in [0.1, 0.15) is 16.7 Å². The molecule has 0 unspecified atom stereocenters. The number of aryl methyl sites for hydroxylation is 2. The zero-order valence-corrected chi connectivity index (χ0v) is 15.4. The molecule has 0 atom stereocenters. The highest BCUT2D eigenvalue weighted by atomic mass is 79.9. The Labute approximate surface area is 153 Å². The average Bonchev–Trinajstić information content (AvgIpc) is 3.01. The Morgan fingerprint density at radius 1 is 1.28 bits per heavy atom. The van der Waals surface area contributed by atoms with Crippen LogP contribution in [0.4, 0.5) is 0 Å². The second-order valence-electron chi connectivity index (χ2n) is 5.59. The van der Waals surface area contributed by atoms with Crippen molar-refractivity contribution in [1.29, 1.82) is 0 Å². The van der Waals surface area contributed by atoms with E-state index in [1.807, 2.05) is 32.0 Å². The zero-order valence-electron chi connectivity index (χ0n) is 13.8. The van der Waals surface area contributed by atoms with Crippen molar-refractivity contribution in [1.82, 2.24) is 5.43 Å². The molecule has 2 aromatic rings. The largest absolute Gasteiger partial charge is 0.482 e. The molecule has 0 spiro atoms. The Balaban J connectivity index is 1.53. The second kappa shape index (κ2) is 7.57. The van der Waals surface area contributed by atoms with Crippen LogP contribution in [0.3, 0.4) is 0 Å². The van der Waals surface area contributed by atoms with Gasteiger partial charge in [-0.2, -0.15) is 5.10 Å². The van der Waals surface area contributed by atoms with Crippen molar-refractivity contribution in [3.63, 3.8) is 0 Å². The van der Waals surface area contributed by atoms with E-state index in [1.54, 1.807) is 12.1 Å². The highest BCUT2D eigenvalue weighted by molar-refractivity contribution is 9.10. The number of nitrogens with zero attached hydrogens (tertiary/aromatic N) is 1. The molecule has 1 aliphatic heterocycles. The van der Waals surface area contributed by atoms with Gasteiger partial charge in [-0.25, -0.2) is 5.43 Å². The monoisotopic (exact) mass is 404 g/mol. The van der Waals surface area contributed by atoms with E-state index in [1.165, 1.54) is 6.21 Å².